The second kappa shape index (κ2) is 7.36. The molecule has 1 aromatic rings. The Labute approximate surface area is 114 Å². The molecule has 1 heterocycles. The topological polar surface area (TPSA) is 50.7 Å². The molecule has 0 spiro atoms. The number of methoxy groups -OCH3 is 1. The first kappa shape index (κ1) is 14.2. The highest BCUT2D eigenvalue weighted by molar-refractivity contribution is 5.42. The zero-order chi connectivity index (χ0) is 13.5. The maximum Gasteiger partial charge on any atom is 0.161 e. The van der Waals surface area contributed by atoms with Crippen molar-refractivity contribution in [1.29, 1.82) is 0 Å². The van der Waals surface area contributed by atoms with Gasteiger partial charge in [0.2, 0.25) is 0 Å². The molecular weight excluding hydrogens is 242 g/mol. The fourth-order valence-corrected chi connectivity index (χ4v) is 2.44. The lowest BCUT2D eigenvalue weighted by Crippen LogP contribution is -2.21. The molecule has 19 heavy (non-hydrogen) atoms. The molecule has 0 bridgehead atoms. The van der Waals surface area contributed by atoms with Gasteiger partial charge in [0.15, 0.2) is 11.5 Å². The van der Waals surface area contributed by atoms with E-state index in [0.29, 0.717) is 18.4 Å². The number of hydrogen-bond acceptors (Lipinski definition) is 4. The molecule has 0 amide bonds. The highest BCUT2D eigenvalue weighted by atomic mass is 16.5. The van der Waals surface area contributed by atoms with Crippen LogP contribution >= 0.6 is 0 Å². The quantitative estimate of drug-likeness (QED) is 0.741. The van der Waals surface area contributed by atoms with E-state index in [1.54, 1.807) is 7.11 Å². The van der Waals surface area contributed by atoms with Gasteiger partial charge in [-0.05, 0) is 49.9 Å². The van der Waals surface area contributed by atoms with E-state index in [4.69, 9.17) is 14.6 Å². The summed E-state index contributed by atoms with van der Waals surface area (Å²) in [6.07, 6.45) is 4.79. The van der Waals surface area contributed by atoms with Crippen LogP contribution in [0.1, 0.15) is 31.2 Å². The van der Waals surface area contributed by atoms with Crippen molar-refractivity contribution in [1.82, 2.24) is 5.32 Å². The second-order valence-electron chi connectivity index (χ2n) is 4.93. The number of benzene rings is 1. The minimum absolute atomic E-state index is 0.0178. The van der Waals surface area contributed by atoms with Gasteiger partial charge in [-0.2, -0.15) is 0 Å². The molecule has 0 aliphatic carbocycles. The highest BCUT2D eigenvalue weighted by Crippen LogP contribution is 2.28. The average Bonchev–Trinajstić information content (AvgIpc) is 2.96. The van der Waals surface area contributed by atoms with Gasteiger partial charge in [-0.15, -0.1) is 0 Å². The molecular formula is C15H23NO3. The summed E-state index contributed by atoms with van der Waals surface area (Å²) in [6, 6.07) is 6.20. The third-order valence-corrected chi connectivity index (χ3v) is 3.53. The maximum atomic E-state index is 9.08. The third-order valence-electron chi connectivity index (χ3n) is 3.53. The third kappa shape index (κ3) is 4.11. The lowest BCUT2D eigenvalue weighted by atomic mass is 10.1. The van der Waals surface area contributed by atoms with Crippen LogP contribution in [0.2, 0.25) is 0 Å². The number of aliphatic hydroxyl groups is 1. The fourth-order valence-electron chi connectivity index (χ4n) is 2.44. The van der Waals surface area contributed by atoms with Gasteiger partial charge in [0.25, 0.3) is 0 Å². The number of rotatable bonds is 7. The van der Waals surface area contributed by atoms with Crippen LogP contribution in [0.15, 0.2) is 18.2 Å². The zero-order valence-corrected chi connectivity index (χ0v) is 11.5. The van der Waals surface area contributed by atoms with Crippen molar-refractivity contribution in [2.45, 2.75) is 38.3 Å². The van der Waals surface area contributed by atoms with E-state index in [1.807, 2.05) is 18.2 Å². The van der Waals surface area contributed by atoms with Crippen LogP contribution in [0.3, 0.4) is 0 Å². The van der Waals surface area contributed by atoms with Crippen molar-refractivity contribution in [2.75, 3.05) is 20.3 Å². The molecule has 1 aromatic carbocycles. The molecule has 2 rings (SSSR count). The summed E-state index contributed by atoms with van der Waals surface area (Å²) < 4.78 is 11.0. The van der Waals surface area contributed by atoms with Gasteiger partial charge in [-0.1, -0.05) is 6.07 Å². The number of aliphatic hydroxyl groups excluding tert-OH is 1. The summed E-state index contributed by atoms with van der Waals surface area (Å²) in [4.78, 5) is 0. The van der Waals surface area contributed by atoms with Crippen LogP contribution in [0.4, 0.5) is 0 Å². The first-order chi connectivity index (χ1) is 9.33. The van der Waals surface area contributed by atoms with Gasteiger partial charge in [0.05, 0.1) is 20.3 Å². The van der Waals surface area contributed by atoms with E-state index in [1.165, 1.54) is 12.8 Å². The number of ether oxygens (including phenoxy) is 2. The van der Waals surface area contributed by atoms with Crippen molar-refractivity contribution in [3.05, 3.63) is 23.8 Å². The van der Waals surface area contributed by atoms with E-state index in [9.17, 15) is 0 Å². The molecule has 1 fully saturated rings. The average molecular weight is 265 g/mol. The number of nitrogens with one attached hydrogen (secondary N) is 1. The van der Waals surface area contributed by atoms with E-state index in [0.717, 1.165) is 30.7 Å². The van der Waals surface area contributed by atoms with Crippen molar-refractivity contribution >= 4 is 0 Å². The Morgan fingerprint density at radius 1 is 1.37 bits per heavy atom. The van der Waals surface area contributed by atoms with E-state index in [-0.39, 0.29) is 6.61 Å². The van der Waals surface area contributed by atoms with Crippen molar-refractivity contribution in [3.63, 3.8) is 0 Å². The fraction of sp³-hybridized carbons (Fsp3) is 0.600. The molecule has 106 valence electrons. The summed E-state index contributed by atoms with van der Waals surface area (Å²) in [5, 5.41) is 12.6. The maximum absolute atomic E-state index is 9.08. The Kier molecular flexibility index (Phi) is 5.48. The highest BCUT2D eigenvalue weighted by Gasteiger charge is 2.13. The van der Waals surface area contributed by atoms with E-state index < -0.39 is 0 Å². The Morgan fingerprint density at radius 3 is 2.95 bits per heavy atom. The van der Waals surface area contributed by atoms with Gasteiger partial charge >= 0.3 is 0 Å². The SMILES string of the molecule is COc1cc(CO)ccc1OCCCC1CCCN1. The Hall–Kier alpha value is -1.26. The summed E-state index contributed by atoms with van der Waals surface area (Å²) in [7, 11) is 1.62. The number of hydrogen-bond donors (Lipinski definition) is 2. The van der Waals surface area contributed by atoms with E-state index in [2.05, 4.69) is 5.32 Å². The van der Waals surface area contributed by atoms with Gasteiger partial charge in [0, 0.05) is 6.04 Å². The van der Waals surface area contributed by atoms with Crippen molar-refractivity contribution in [2.24, 2.45) is 0 Å². The molecule has 1 aliphatic heterocycles. The lowest BCUT2D eigenvalue weighted by Gasteiger charge is -2.13. The summed E-state index contributed by atoms with van der Waals surface area (Å²) >= 11 is 0. The molecule has 0 radical (unpaired) electrons. The molecule has 4 nitrogen and oxygen atoms in total. The minimum Gasteiger partial charge on any atom is -0.493 e. The summed E-state index contributed by atoms with van der Waals surface area (Å²) in [6.45, 7) is 1.87. The van der Waals surface area contributed by atoms with Crippen molar-refractivity contribution < 1.29 is 14.6 Å². The molecule has 1 atom stereocenters. The zero-order valence-electron chi connectivity index (χ0n) is 11.5. The van der Waals surface area contributed by atoms with Gasteiger partial charge in [-0.3, -0.25) is 0 Å². The Bertz CT molecular complexity index is 389. The van der Waals surface area contributed by atoms with Crippen LogP contribution < -0.4 is 14.8 Å². The standard InChI is InChI=1S/C15H23NO3/c1-18-15-10-12(11-17)6-7-14(15)19-9-3-5-13-4-2-8-16-13/h6-7,10,13,16-17H,2-5,8-9,11H2,1H3. The molecule has 1 aliphatic rings. The van der Waals surface area contributed by atoms with Gasteiger partial charge in [0.1, 0.15) is 0 Å². The Morgan fingerprint density at radius 2 is 2.26 bits per heavy atom. The summed E-state index contributed by atoms with van der Waals surface area (Å²) in [5.41, 5.74) is 0.833. The van der Waals surface area contributed by atoms with Crippen LogP contribution in [0.5, 0.6) is 11.5 Å². The monoisotopic (exact) mass is 265 g/mol. The largest absolute Gasteiger partial charge is 0.493 e. The van der Waals surface area contributed by atoms with Crippen LogP contribution in [0.25, 0.3) is 0 Å². The predicted octanol–water partition coefficient (Wildman–Crippen LogP) is 2.10. The molecule has 1 unspecified atom stereocenters. The van der Waals surface area contributed by atoms with Gasteiger partial charge < -0.3 is 19.9 Å². The minimum atomic E-state index is 0.0178. The summed E-state index contributed by atoms with van der Waals surface area (Å²) in [5.74, 6) is 1.43. The molecule has 0 aromatic heterocycles. The Balaban J connectivity index is 1.78. The molecule has 4 heteroatoms. The van der Waals surface area contributed by atoms with E-state index >= 15 is 0 Å². The van der Waals surface area contributed by atoms with Crippen LogP contribution in [-0.2, 0) is 6.61 Å². The normalized spacial score (nSPS) is 18.5. The smallest absolute Gasteiger partial charge is 0.161 e. The molecule has 1 saturated heterocycles. The molecule has 2 N–H and O–H groups in total. The lowest BCUT2D eigenvalue weighted by molar-refractivity contribution is 0.273. The molecule has 0 saturated carbocycles. The predicted molar refractivity (Wildman–Crippen MR) is 74.7 cm³/mol. The first-order valence-corrected chi connectivity index (χ1v) is 6.97. The first-order valence-electron chi connectivity index (χ1n) is 6.97. The second-order valence-corrected chi connectivity index (χ2v) is 4.93. The van der Waals surface area contributed by atoms with Crippen LogP contribution in [0, 0.1) is 0 Å². The van der Waals surface area contributed by atoms with Gasteiger partial charge in [-0.25, -0.2) is 0 Å². The van der Waals surface area contributed by atoms with Crippen molar-refractivity contribution in [3.8, 4) is 11.5 Å². The van der Waals surface area contributed by atoms with Crippen LogP contribution in [-0.4, -0.2) is 31.4 Å².